The van der Waals surface area contributed by atoms with E-state index in [9.17, 15) is 9.59 Å². The summed E-state index contributed by atoms with van der Waals surface area (Å²) in [7, 11) is 1.61. The molecule has 1 aromatic carbocycles. The second-order valence-corrected chi connectivity index (χ2v) is 4.39. The molecule has 0 aliphatic carbocycles. The number of hydrogen-bond acceptors (Lipinski definition) is 4. The topological polar surface area (TPSA) is 67.8 Å². The van der Waals surface area contributed by atoms with Crippen LogP contribution in [-0.4, -0.2) is 26.3 Å². The third kappa shape index (κ3) is 2.65. The van der Waals surface area contributed by atoms with Crippen LogP contribution in [0, 0.1) is 0 Å². The highest BCUT2D eigenvalue weighted by Gasteiger charge is 2.09. The first-order valence-electron chi connectivity index (χ1n) is 5.01. The van der Waals surface area contributed by atoms with Gasteiger partial charge in [0.05, 0.1) is 5.75 Å². The molecule has 0 aliphatic rings. The maximum absolute atomic E-state index is 11.8. The van der Waals surface area contributed by atoms with E-state index >= 15 is 0 Å². The number of aromatic amines is 1. The molecule has 0 unspecified atom stereocenters. The Morgan fingerprint density at radius 2 is 2.12 bits per heavy atom. The number of hydrogen-bond donors (Lipinski definition) is 1. The minimum Gasteiger partial charge on any atom is -0.293 e. The number of benzene rings is 1. The molecule has 17 heavy (non-hydrogen) atoms. The van der Waals surface area contributed by atoms with Gasteiger partial charge in [-0.1, -0.05) is 42.1 Å². The van der Waals surface area contributed by atoms with Gasteiger partial charge >= 0.3 is 5.69 Å². The van der Waals surface area contributed by atoms with Crippen molar-refractivity contribution >= 4 is 17.5 Å². The van der Waals surface area contributed by atoms with Crippen LogP contribution in [-0.2, 0) is 7.05 Å². The van der Waals surface area contributed by atoms with Crippen molar-refractivity contribution in [3.63, 3.8) is 0 Å². The molecule has 0 fully saturated rings. The number of thioether (sulfide) groups is 1. The predicted molar refractivity (Wildman–Crippen MR) is 65.3 cm³/mol. The molecule has 0 atom stereocenters. The van der Waals surface area contributed by atoms with Crippen molar-refractivity contribution in [1.82, 2.24) is 14.8 Å². The third-order valence-electron chi connectivity index (χ3n) is 2.27. The molecule has 0 spiro atoms. The lowest BCUT2D eigenvalue weighted by Gasteiger charge is -2.00. The molecule has 88 valence electrons. The Morgan fingerprint density at radius 1 is 1.41 bits per heavy atom. The van der Waals surface area contributed by atoms with Gasteiger partial charge in [0, 0.05) is 12.6 Å². The molecule has 0 saturated heterocycles. The lowest BCUT2D eigenvalue weighted by atomic mass is 10.2. The fraction of sp³-hybridized carbons (Fsp3) is 0.182. The summed E-state index contributed by atoms with van der Waals surface area (Å²) in [5.74, 6) is 0.286. The van der Waals surface area contributed by atoms with Crippen molar-refractivity contribution in [2.24, 2.45) is 7.05 Å². The second-order valence-electron chi connectivity index (χ2n) is 3.45. The van der Waals surface area contributed by atoms with E-state index in [4.69, 9.17) is 0 Å². The zero-order valence-electron chi connectivity index (χ0n) is 9.21. The molecule has 5 nitrogen and oxygen atoms in total. The van der Waals surface area contributed by atoms with Crippen LogP contribution in [0.3, 0.4) is 0 Å². The summed E-state index contributed by atoms with van der Waals surface area (Å²) < 4.78 is 1.38. The summed E-state index contributed by atoms with van der Waals surface area (Å²) in [5, 5.41) is 6.66. The average Bonchev–Trinajstić information content (AvgIpc) is 2.68. The smallest absolute Gasteiger partial charge is 0.293 e. The SMILES string of the molecule is Cn1c(SCC(=O)c2ccccc2)n[nH]c1=O. The van der Waals surface area contributed by atoms with Crippen molar-refractivity contribution in [2.75, 3.05) is 5.75 Å². The second kappa shape index (κ2) is 5.01. The molecule has 0 radical (unpaired) electrons. The number of rotatable bonds is 4. The summed E-state index contributed by atoms with van der Waals surface area (Å²) in [6.07, 6.45) is 0. The van der Waals surface area contributed by atoms with Gasteiger partial charge < -0.3 is 0 Å². The number of nitrogens with one attached hydrogen (secondary N) is 1. The van der Waals surface area contributed by atoms with Crippen LogP contribution in [0.5, 0.6) is 0 Å². The molecule has 2 rings (SSSR count). The largest absolute Gasteiger partial charge is 0.343 e. The van der Waals surface area contributed by atoms with Crippen LogP contribution in [0.4, 0.5) is 0 Å². The minimum atomic E-state index is -0.278. The van der Waals surface area contributed by atoms with E-state index in [0.29, 0.717) is 10.7 Å². The maximum atomic E-state index is 11.8. The maximum Gasteiger partial charge on any atom is 0.343 e. The number of H-pyrrole nitrogens is 1. The quantitative estimate of drug-likeness (QED) is 0.650. The van der Waals surface area contributed by atoms with Crippen molar-refractivity contribution in [3.8, 4) is 0 Å². The van der Waals surface area contributed by atoms with Gasteiger partial charge in [-0.3, -0.25) is 9.36 Å². The van der Waals surface area contributed by atoms with E-state index < -0.39 is 0 Å². The first-order valence-corrected chi connectivity index (χ1v) is 5.99. The van der Waals surface area contributed by atoms with Crippen molar-refractivity contribution in [3.05, 3.63) is 46.4 Å². The third-order valence-corrected chi connectivity index (χ3v) is 3.30. The number of ketones is 1. The van der Waals surface area contributed by atoms with E-state index in [1.54, 1.807) is 19.2 Å². The fourth-order valence-electron chi connectivity index (χ4n) is 1.30. The summed E-state index contributed by atoms with van der Waals surface area (Å²) in [6.45, 7) is 0. The Morgan fingerprint density at radius 3 is 2.71 bits per heavy atom. The molecule has 1 heterocycles. The van der Waals surface area contributed by atoms with Crippen LogP contribution in [0.25, 0.3) is 0 Å². The van der Waals surface area contributed by atoms with E-state index in [1.165, 1.54) is 16.3 Å². The van der Waals surface area contributed by atoms with Gasteiger partial charge in [0.15, 0.2) is 10.9 Å². The zero-order valence-corrected chi connectivity index (χ0v) is 10.0. The van der Waals surface area contributed by atoms with Crippen molar-refractivity contribution < 1.29 is 4.79 Å². The molecular formula is C11H11N3O2S. The van der Waals surface area contributed by atoms with Crippen LogP contribution in [0.15, 0.2) is 40.3 Å². The summed E-state index contributed by atoms with van der Waals surface area (Å²) >= 11 is 1.24. The predicted octanol–water partition coefficient (Wildman–Crippen LogP) is 1.08. The summed E-state index contributed by atoms with van der Waals surface area (Å²) in [6, 6.07) is 9.05. The highest BCUT2D eigenvalue weighted by Crippen LogP contribution is 2.14. The van der Waals surface area contributed by atoms with Gasteiger partial charge in [0.2, 0.25) is 0 Å². The highest BCUT2D eigenvalue weighted by atomic mass is 32.2. The first kappa shape index (κ1) is 11.7. The van der Waals surface area contributed by atoms with Crippen LogP contribution in [0.2, 0.25) is 0 Å². The summed E-state index contributed by atoms with van der Waals surface area (Å²) in [4.78, 5) is 22.9. The number of carbonyl (C=O) groups is 1. The Bertz CT molecular complexity index is 574. The Hall–Kier alpha value is -1.82. The van der Waals surface area contributed by atoms with E-state index in [0.717, 1.165) is 0 Å². The molecule has 6 heteroatoms. The summed E-state index contributed by atoms with van der Waals surface area (Å²) in [5.41, 5.74) is 0.389. The zero-order chi connectivity index (χ0) is 12.3. The minimum absolute atomic E-state index is 0.0195. The monoisotopic (exact) mass is 249 g/mol. The van der Waals surface area contributed by atoms with Gasteiger partial charge in [-0.05, 0) is 0 Å². The van der Waals surface area contributed by atoms with E-state index in [2.05, 4.69) is 10.2 Å². The van der Waals surface area contributed by atoms with Crippen LogP contribution < -0.4 is 5.69 Å². The van der Waals surface area contributed by atoms with Crippen molar-refractivity contribution in [2.45, 2.75) is 5.16 Å². The lowest BCUT2D eigenvalue weighted by Crippen LogP contribution is -2.13. The number of nitrogens with zero attached hydrogens (tertiary/aromatic N) is 2. The van der Waals surface area contributed by atoms with Gasteiger partial charge in [0.25, 0.3) is 0 Å². The highest BCUT2D eigenvalue weighted by molar-refractivity contribution is 7.99. The van der Waals surface area contributed by atoms with Crippen LogP contribution in [0.1, 0.15) is 10.4 Å². The molecule has 0 saturated carbocycles. The normalized spacial score (nSPS) is 10.4. The number of aromatic nitrogens is 3. The van der Waals surface area contributed by atoms with Gasteiger partial charge in [0.1, 0.15) is 0 Å². The molecule has 1 N–H and O–H groups in total. The number of Topliss-reactive ketones (excluding diaryl/α,β-unsaturated/α-hetero) is 1. The molecular weight excluding hydrogens is 238 g/mol. The van der Waals surface area contributed by atoms with E-state index in [-0.39, 0.29) is 17.2 Å². The first-order chi connectivity index (χ1) is 8.18. The van der Waals surface area contributed by atoms with Crippen molar-refractivity contribution in [1.29, 1.82) is 0 Å². The Balaban J connectivity index is 2.02. The van der Waals surface area contributed by atoms with Gasteiger partial charge in [-0.25, -0.2) is 9.89 Å². The molecule has 1 aromatic heterocycles. The lowest BCUT2D eigenvalue weighted by molar-refractivity contribution is 0.102. The van der Waals surface area contributed by atoms with Crippen LogP contribution >= 0.6 is 11.8 Å². The molecule has 2 aromatic rings. The molecule has 0 bridgehead atoms. The van der Waals surface area contributed by atoms with Gasteiger partial charge in [-0.2, -0.15) is 0 Å². The van der Waals surface area contributed by atoms with E-state index in [1.807, 2.05) is 18.2 Å². The Kier molecular flexibility index (Phi) is 3.43. The average molecular weight is 249 g/mol. The van der Waals surface area contributed by atoms with Gasteiger partial charge in [-0.15, -0.1) is 5.10 Å². The number of carbonyl (C=O) groups excluding carboxylic acids is 1. The molecule has 0 aliphatic heterocycles. The Labute approximate surface area is 102 Å². The standard InChI is InChI=1S/C11H11N3O2S/c1-14-10(16)12-13-11(14)17-7-9(15)8-5-3-2-4-6-8/h2-6H,7H2,1H3,(H,12,16). The fourth-order valence-corrected chi connectivity index (χ4v) is 2.11. The molecule has 0 amide bonds.